The van der Waals surface area contributed by atoms with Crippen molar-refractivity contribution in [3.05, 3.63) is 45.5 Å². The minimum Gasteiger partial charge on any atom is -0.494 e. The lowest BCUT2D eigenvalue weighted by Crippen LogP contribution is -2.19. The Labute approximate surface area is 158 Å². The van der Waals surface area contributed by atoms with Crippen LogP contribution in [0.3, 0.4) is 0 Å². The summed E-state index contributed by atoms with van der Waals surface area (Å²) in [6, 6.07) is 5.71. The van der Waals surface area contributed by atoms with Crippen LogP contribution in [0.2, 0.25) is 0 Å². The molecule has 7 heteroatoms. The first-order valence-corrected chi connectivity index (χ1v) is 9.21. The van der Waals surface area contributed by atoms with Gasteiger partial charge in [-0.15, -0.1) is 0 Å². The topological polar surface area (TPSA) is 92.8 Å². The average molecular weight is 367 g/mol. The smallest absolute Gasteiger partial charge is 0.255 e. The Morgan fingerprint density at radius 2 is 1.93 bits per heavy atom. The second-order valence-electron chi connectivity index (χ2n) is 6.55. The average Bonchev–Trinajstić information content (AvgIpc) is 2.63. The van der Waals surface area contributed by atoms with Crippen LogP contribution in [0, 0.1) is 13.8 Å². The Balaban J connectivity index is 1.92. The summed E-state index contributed by atoms with van der Waals surface area (Å²) in [6.45, 7) is 5.91. The standard InChI is InChI=1S/C20H25N5O2/c1-5-6-7-9-15-13(3)22-20(24-18(15)26)25-19-21-12(2)14-10-8-11-16(27-4)17(14)23-19/h8,10-11H,5-7,9H2,1-4H3,(H2,21,22,23,24,25,26). The number of aryl methyl sites for hydroxylation is 2. The van der Waals surface area contributed by atoms with Crippen molar-refractivity contribution < 1.29 is 4.74 Å². The molecule has 1 aromatic carbocycles. The fourth-order valence-corrected chi connectivity index (χ4v) is 3.12. The molecule has 0 aliphatic rings. The van der Waals surface area contributed by atoms with Crippen LogP contribution >= 0.6 is 0 Å². The van der Waals surface area contributed by atoms with Crippen molar-refractivity contribution in [1.82, 2.24) is 19.9 Å². The molecule has 0 unspecified atom stereocenters. The van der Waals surface area contributed by atoms with Crippen LogP contribution in [-0.2, 0) is 6.42 Å². The van der Waals surface area contributed by atoms with E-state index in [2.05, 4.69) is 32.2 Å². The number of aromatic amines is 1. The molecule has 0 saturated heterocycles. The van der Waals surface area contributed by atoms with Crippen LogP contribution in [-0.4, -0.2) is 27.0 Å². The van der Waals surface area contributed by atoms with Crippen LogP contribution in [0.15, 0.2) is 23.0 Å². The fraction of sp³-hybridized carbons (Fsp3) is 0.400. The Kier molecular flexibility index (Phi) is 5.69. The molecule has 3 rings (SSSR count). The highest BCUT2D eigenvalue weighted by atomic mass is 16.5. The number of H-pyrrole nitrogens is 1. The van der Waals surface area contributed by atoms with Gasteiger partial charge in [0, 0.05) is 16.6 Å². The quantitative estimate of drug-likeness (QED) is 0.617. The number of para-hydroxylation sites is 1. The summed E-state index contributed by atoms with van der Waals surface area (Å²) in [6.07, 6.45) is 3.95. The van der Waals surface area contributed by atoms with E-state index >= 15 is 0 Å². The molecule has 0 radical (unpaired) electrons. The molecule has 0 saturated carbocycles. The summed E-state index contributed by atoms with van der Waals surface area (Å²) < 4.78 is 5.40. The van der Waals surface area contributed by atoms with Crippen molar-refractivity contribution >= 4 is 22.8 Å². The third-order valence-corrected chi connectivity index (χ3v) is 4.58. The highest BCUT2D eigenvalue weighted by Gasteiger charge is 2.12. The lowest BCUT2D eigenvalue weighted by atomic mass is 10.1. The number of rotatable bonds is 7. The number of nitrogens with one attached hydrogen (secondary N) is 2. The minimum atomic E-state index is -0.115. The first kappa shape index (κ1) is 18.8. The number of hydrogen-bond acceptors (Lipinski definition) is 6. The zero-order valence-electron chi connectivity index (χ0n) is 16.2. The summed E-state index contributed by atoms with van der Waals surface area (Å²) >= 11 is 0. The number of unbranched alkanes of at least 4 members (excludes halogenated alkanes) is 2. The molecule has 0 aliphatic carbocycles. The molecule has 0 atom stereocenters. The zero-order chi connectivity index (χ0) is 19.4. The first-order chi connectivity index (χ1) is 13.0. The number of nitrogens with zero attached hydrogens (tertiary/aromatic N) is 3. The van der Waals surface area contributed by atoms with E-state index in [0.717, 1.165) is 48.0 Å². The van der Waals surface area contributed by atoms with Gasteiger partial charge in [-0.1, -0.05) is 31.9 Å². The minimum absolute atomic E-state index is 0.115. The molecule has 142 valence electrons. The van der Waals surface area contributed by atoms with Crippen molar-refractivity contribution in [2.75, 3.05) is 12.4 Å². The molecule has 2 heterocycles. The number of anilines is 2. The SMILES string of the molecule is CCCCCc1c(C)nc(Nc2nc(C)c3cccc(OC)c3n2)[nH]c1=O. The number of methoxy groups -OCH3 is 1. The molecule has 0 amide bonds. The van der Waals surface area contributed by atoms with E-state index in [0.29, 0.717) is 23.2 Å². The summed E-state index contributed by atoms with van der Waals surface area (Å²) in [5.41, 5.74) is 2.89. The number of benzene rings is 1. The van der Waals surface area contributed by atoms with Gasteiger partial charge in [-0.05, 0) is 32.8 Å². The summed E-state index contributed by atoms with van der Waals surface area (Å²) in [5.74, 6) is 1.38. The molecule has 3 aromatic rings. The van der Waals surface area contributed by atoms with Crippen molar-refractivity contribution in [2.24, 2.45) is 0 Å². The molecule has 2 N–H and O–H groups in total. The van der Waals surface area contributed by atoms with Crippen LogP contribution in [0.4, 0.5) is 11.9 Å². The van der Waals surface area contributed by atoms with Crippen molar-refractivity contribution in [3.63, 3.8) is 0 Å². The van der Waals surface area contributed by atoms with E-state index in [4.69, 9.17) is 4.74 Å². The summed E-state index contributed by atoms with van der Waals surface area (Å²) in [7, 11) is 1.61. The number of fused-ring (bicyclic) bond motifs is 1. The maximum Gasteiger partial charge on any atom is 0.255 e. The Hall–Kier alpha value is -2.96. The molecule has 2 aromatic heterocycles. The van der Waals surface area contributed by atoms with Crippen molar-refractivity contribution in [1.29, 1.82) is 0 Å². The van der Waals surface area contributed by atoms with E-state index in [-0.39, 0.29) is 5.56 Å². The van der Waals surface area contributed by atoms with Gasteiger partial charge in [0.15, 0.2) is 0 Å². The third-order valence-electron chi connectivity index (χ3n) is 4.58. The molecule has 0 aliphatic heterocycles. The Bertz CT molecular complexity index is 1010. The van der Waals surface area contributed by atoms with Gasteiger partial charge in [0.05, 0.1) is 12.8 Å². The van der Waals surface area contributed by atoms with E-state index in [1.54, 1.807) is 7.11 Å². The van der Waals surface area contributed by atoms with Gasteiger partial charge in [-0.2, -0.15) is 0 Å². The van der Waals surface area contributed by atoms with E-state index < -0.39 is 0 Å². The molecule has 27 heavy (non-hydrogen) atoms. The largest absolute Gasteiger partial charge is 0.494 e. The van der Waals surface area contributed by atoms with Crippen molar-refractivity contribution in [3.8, 4) is 5.75 Å². The van der Waals surface area contributed by atoms with Gasteiger partial charge in [0.25, 0.3) is 5.56 Å². The number of aromatic nitrogens is 4. The molecule has 0 fully saturated rings. The summed E-state index contributed by atoms with van der Waals surface area (Å²) in [5, 5.41) is 3.94. The molecule has 0 bridgehead atoms. The van der Waals surface area contributed by atoms with Crippen LogP contribution in [0.5, 0.6) is 5.75 Å². The van der Waals surface area contributed by atoms with Gasteiger partial charge in [-0.3, -0.25) is 15.1 Å². The third kappa shape index (κ3) is 4.07. The van der Waals surface area contributed by atoms with E-state index in [1.165, 1.54) is 0 Å². The van der Waals surface area contributed by atoms with Gasteiger partial charge >= 0.3 is 0 Å². The van der Waals surface area contributed by atoms with Gasteiger partial charge < -0.3 is 4.74 Å². The number of ether oxygens (including phenoxy) is 1. The Morgan fingerprint density at radius 3 is 2.63 bits per heavy atom. The van der Waals surface area contributed by atoms with Crippen molar-refractivity contribution in [2.45, 2.75) is 46.5 Å². The second-order valence-corrected chi connectivity index (χ2v) is 6.55. The molecular formula is C20H25N5O2. The molecular weight excluding hydrogens is 342 g/mol. The van der Waals surface area contributed by atoms with E-state index in [1.807, 2.05) is 32.0 Å². The van der Waals surface area contributed by atoms with Gasteiger partial charge in [-0.25, -0.2) is 15.0 Å². The molecule has 7 nitrogen and oxygen atoms in total. The fourth-order valence-electron chi connectivity index (χ4n) is 3.12. The molecule has 0 spiro atoms. The zero-order valence-corrected chi connectivity index (χ0v) is 16.2. The predicted molar refractivity (Wildman–Crippen MR) is 107 cm³/mol. The number of hydrogen-bond donors (Lipinski definition) is 2. The van der Waals surface area contributed by atoms with E-state index in [9.17, 15) is 4.79 Å². The monoisotopic (exact) mass is 367 g/mol. The van der Waals surface area contributed by atoms with Crippen LogP contribution in [0.25, 0.3) is 10.9 Å². The second kappa shape index (κ2) is 8.16. The van der Waals surface area contributed by atoms with Gasteiger partial charge in [0.2, 0.25) is 11.9 Å². The van der Waals surface area contributed by atoms with Crippen LogP contribution in [0.1, 0.15) is 43.1 Å². The maximum absolute atomic E-state index is 12.4. The first-order valence-electron chi connectivity index (χ1n) is 9.21. The predicted octanol–water partition coefficient (Wildman–Crippen LogP) is 3.81. The highest BCUT2D eigenvalue weighted by Crippen LogP contribution is 2.26. The lowest BCUT2D eigenvalue weighted by molar-refractivity contribution is 0.419. The highest BCUT2D eigenvalue weighted by molar-refractivity contribution is 5.87. The van der Waals surface area contributed by atoms with Crippen LogP contribution < -0.4 is 15.6 Å². The summed E-state index contributed by atoms with van der Waals surface area (Å²) in [4.78, 5) is 28.7. The normalized spacial score (nSPS) is 11.0. The maximum atomic E-state index is 12.4. The Morgan fingerprint density at radius 1 is 1.11 bits per heavy atom. The van der Waals surface area contributed by atoms with Gasteiger partial charge in [0.1, 0.15) is 11.3 Å². The lowest BCUT2D eigenvalue weighted by Gasteiger charge is -2.11.